The maximum atomic E-state index is 6.35. The van der Waals surface area contributed by atoms with Crippen molar-refractivity contribution in [1.29, 1.82) is 0 Å². The molecule has 0 aliphatic heterocycles. The van der Waals surface area contributed by atoms with Gasteiger partial charge in [0.1, 0.15) is 5.75 Å². The van der Waals surface area contributed by atoms with Gasteiger partial charge >= 0.3 is 0 Å². The topological polar surface area (TPSA) is 61.3 Å². The van der Waals surface area contributed by atoms with Crippen molar-refractivity contribution in [2.75, 3.05) is 13.7 Å². The third-order valence-electron chi connectivity index (χ3n) is 3.41. The van der Waals surface area contributed by atoms with E-state index in [1.807, 2.05) is 6.07 Å². The van der Waals surface area contributed by atoms with Crippen molar-refractivity contribution in [3.8, 4) is 5.75 Å². The monoisotopic (exact) mass is 250 g/mol. The molecular weight excluding hydrogens is 224 g/mol. The molecule has 0 saturated carbocycles. The van der Waals surface area contributed by atoms with Crippen LogP contribution in [0.5, 0.6) is 5.75 Å². The van der Waals surface area contributed by atoms with Crippen LogP contribution in [0.25, 0.3) is 0 Å². The number of benzene rings is 1. The third-order valence-corrected chi connectivity index (χ3v) is 3.41. The van der Waals surface area contributed by atoms with Crippen molar-refractivity contribution in [1.82, 2.24) is 0 Å². The van der Waals surface area contributed by atoms with Gasteiger partial charge in [-0.15, -0.1) is 0 Å². The molecule has 0 radical (unpaired) electrons. The van der Waals surface area contributed by atoms with Crippen molar-refractivity contribution in [3.63, 3.8) is 0 Å². The van der Waals surface area contributed by atoms with E-state index in [4.69, 9.17) is 16.2 Å². The van der Waals surface area contributed by atoms with Gasteiger partial charge in [0.2, 0.25) is 0 Å². The first-order chi connectivity index (χ1) is 8.30. The summed E-state index contributed by atoms with van der Waals surface area (Å²) in [5.41, 5.74) is 15.7. The zero-order valence-corrected chi connectivity index (χ0v) is 12.2. The SMILES string of the molecule is COc1cc(C)cc(C)c1C(N)CC(C)(C)CN. The summed E-state index contributed by atoms with van der Waals surface area (Å²) in [6.45, 7) is 9.06. The van der Waals surface area contributed by atoms with Crippen LogP contribution in [0.1, 0.15) is 43.0 Å². The molecule has 1 rings (SSSR count). The highest BCUT2D eigenvalue weighted by molar-refractivity contribution is 5.45. The average molecular weight is 250 g/mol. The Balaban J connectivity index is 3.08. The van der Waals surface area contributed by atoms with E-state index >= 15 is 0 Å². The van der Waals surface area contributed by atoms with Crippen molar-refractivity contribution in [2.45, 2.75) is 40.2 Å². The van der Waals surface area contributed by atoms with Gasteiger partial charge < -0.3 is 16.2 Å². The fourth-order valence-corrected chi connectivity index (χ4v) is 2.36. The zero-order valence-electron chi connectivity index (χ0n) is 12.2. The lowest BCUT2D eigenvalue weighted by atomic mass is 9.82. The predicted octanol–water partition coefficient (Wildman–Crippen LogP) is 2.69. The Kier molecular flexibility index (Phi) is 4.77. The summed E-state index contributed by atoms with van der Waals surface area (Å²) in [5, 5.41) is 0. The van der Waals surface area contributed by atoms with E-state index in [9.17, 15) is 0 Å². The standard InChI is InChI=1S/C15H26N2O/c1-10-6-11(2)14(13(7-10)18-5)12(17)8-15(3,4)9-16/h6-7,12H,8-9,16-17H2,1-5H3. The number of aryl methyl sites for hydroxylation is 2. The van der Waals surface area contributed by atoms with Gasteiger partial charge in [0.25, 0.3) is 0 Å². The molecule has 0 amide bonds. The summed E-state index contributed by atoms with van der Waals surface area (Å²) < 4.78 is 5.47. The fourth-order valence-electron chi connectivity index (χ4n) is 2.36. The summed E-state index contributed by atoms with van der Waals surface area (Å²) in [7, 11) is 1.69. The van der Waals surface area contributed by atoms with Crippen molar-refractivity contribution >= 4 is 0 Å². The molecule has 0 fully saturated rings. The van der Waals surface area contributed by atoms with Gasteiger partial charge in [-0.05, 0) is 49.4 Å². The van der Waals surface area contributed by atoms with Gasteiger partial charge in [0.15, 0.2) is 0 Å². The van der Waals surface area contributed by atoms with Crippen molar-refractivity contribution in [2.24, 2.45) is 16.9 Å². The van der Waals surface area contributed by atoms with Gasteiger partial charge in [0, 0.05) is 11.6 Å². The third kappa shape index (κ3) is 3.47. The van der Waals surface area contributed by atoms with E-state index in [2.05, 4.69) is 33.8 Å². The lowest BCUT2D eigenvalue weighted by molar-refractivity contribution is 0.311. The first-order valence-electron chi connectivity index (χ1n) is 6.41. The zero-order chi connectivity index (χ0) is 13.9. The van der Waals surface area contributed by atoms with E-state index in [0.717, 1.165) is 17.7 Å². The Labute approximate surface area is 111 Å². The van der Waals surface area contributed by atoms with Crippen LogP contribution in [0.15, 0.2) is 12.1 Å². The molecule has 18 heavy (non-hydrogen) atoms. The molecule has 102 valence electrons. The summed E-state index contributed by atoms with van der Waals surface area (Å²) in [4.78, 5) is 0. The smallest absolute Gasteiger partial charge is 0.124 e. The second kappa shape index (κ2) is 5.72. The van der Waals surface area contributed by atoms with Crippen LogP contribution < -0.4 is 16.2 Å². The van der Waals surface area contributed by atoms with Gasteiger partial charge in [0.05, 0.1) is 7.11 Å². The minimum absolute atomic E-state index is 0.0425. The van der Waals surface area contributed by atoms with Crippen LogP contribution >= 0.6 is 0 Å². The molecule has 1 aromatic carbocycles. The van der Waals surface area contributed by atoms with Crippen molar-refractivity contribution in [3.05, 3.63) is 28.8 Å². The Morgan fingerprint density at radius 2 is 1.89 bits per heavy atom. The van der Waals surface area contributed by atoms with E-state index in [-0.39, 0.29) is 11.5 Å². The molecule has 1 aromatic rings. The van der Waals surface area contributed by atoms with Crippen LogP contribution in [-0.2, 0) is 0 Å². The Hall–Kier alpha value is -1.06. The Morgan fingerprint density at radius 1 is 1.28 bits per heavy atom. The normalized spacial score (nSPS) is 13.5. The summed E-state index contributed by atoms with van der Waals surface area (Å²) in [6, 6.07) is 4.14. The van der Waals surface area contributed by atoms with Gasteiger partial charge in [-0.3, -0.25) is 0 Å². The lowest BCUT2D eigenvalue weighted by Crippen LogP contribution is -2.29. The molecule has 0 aliphatic carbocycles. The number of ether oxygens (including phenoxy) is 1. The second-order valence-electron chi connectivity index (χ2n) is 5.88. The van der Waals surface area contributed by atoms with E-state index in [1.54, 1.807) is 7.11 Å². The summed E-state index contributed by atoms with van der Waals surface area (Å²) >= 11 is 0. The van der Waals surface area contributed by atoms with Crippen LogP contribution in [0, 0.1) is 19.3 Å². The highest BCUT2D eigenvalue weighted by atomic mass is 16.5. The van der Waals surface area contributed by atoms with Crippen molar-refractivity contribution < 1.29 is 4.74 Å². The average Bonchev–Trinajstić information content (AvgIpc) is 2.26. The lowest BCUT2D eigenvalue weighted by Gasteiger charge is -2.28. The summed E-state index contributed by atoms with van der Waals surface area (Å²) in [5.74, 6) is 0.882. The molecule has 0 saturated heterocycles. The van der Waals surface area contributed by atoms with Gasteiger partial charge in [-0.2, -0.15) is 0 Å². The molecular formula is C15H26N2O. The largest absolute Gasteiger partial charge is 0.496 e. The van der Waals surface area contributed by atoms with Crippen LogP contribution in [-0.4, -0.2) is 13.7 Å². The quantitative estimate of drug-likeness (QED) is 0.844. The van der Waals surface area contributed by atoms with E-state index in [1.165, 1.54) is 11.1 Å². The molecule has 3 heteroatoms. The second-order valence-corrected chi connectivity index (χ2v) is 5.88. The molecule has 0 bridgehead atoms. The molecule has 1 unspecified atom stereocenters. The minimum Gasteiger partial charge on any atom is -0.496 e. The molecule has 0 heterocycles. The Bertz CT molecular complexity index is 413. The van der Waals surface area contributed by atoms with E-state index in [0.29, 0.717) is 6.54 Å². The molecule has 0 aromatic heterocycles. The number of hydrogen-bond acceptors (Lipinski definition) is 3. The highest BCUT2D eigenvalue weighted by Crippen LogP contribution is 2.35. The first-order valence-corrected chi connectivity index (χ1v) is 6.41. The predicted molar refractivity (Wildman–Crippen MR) is 76.8 cm³/mol. The molecule has 4 N–H and O–H groups in total. The van der Waals surface area contributed by atoms with Gasteiger partial charge in [-0.25, -0.2) is 0 Å². The number of nitrogens with two attached hydrogens (primary N) is 2. The highest BCUT2D eigenvalue weighted by Gasteiger charge is 2.24. The van der Waals surface area contributed by atoms with Crippen LogP contribution in [0.2, 0.25) is 0 Å². The van der Waals surface area contributed by atoms with Crippen LogP contribution in [0.3, 0.4) is 0 Å². The number of hydrogen-bond donors (Lipinski definition) is 2. The maximum Gasteiger partial charge on any atom is 0.124 e. The fraction of sp³-hybridized carbons (Fsp3) is 0.600. The number of rotatable bonds is 5. The number of methoxy groups -OCH3 is 1. The molecule has 0 spiro atoms. The van der Waals surface area contributed by atoms with Gasteiger partial charge in [-0.1, -0.05) is 19.9 Å². The molecule has 0 aliphatic rings. The molecule has 1 atom stereocenters. The minimum atomic E-state index is -0.0425. The van der Waals surface area contributed by atoms with E-state index < -0.39 is 0 Å². The molecule has 3 nitrogen and oxygen atoms in total. The van der Waals surface area contributed by atoms with Crippen LogP contribution in [0.4, 0.5) is 0 Å². The summed E-state index contributed by atoms with van der Waals surface area (Å²) in [6.07, 6.45) is 0.851. The first kappa shape index (κ1) is 15.0. The Morgan fingerprint density at radius 3 is 2.39 bits per heavy atom. The maximum absolute atomic E-state index is 6.35.